The van der Waals surface area contributed by atoms with E-state index >= 15 is 0 Å². The van der Waals surface area contributed by atoms with Crippen LogP contribution in [-0.2, 0) is 0 Å². The zero-order valence-corrected chi connectivity index (χ0v) is 9.25. The van der Waals surface area contributed by atoms with E-state index in [1.165, 1.54) is 0 Å². The van der Waals surface area contributed by atoms with E-state index in [1.807, 2.05) is 0 Å². The lowest BCUT2D eigenvalue weighted by Gasteiger charge is -2.28. The van der Waals surface area contributed by atoms with Gasteiger partial charge in [0.2, 0.25) is 0 Å². The maximum Gasteiger partial charge on any atom is 0.369 e. The van der Waals surface area contributed by atoms with E-state index in [1.54, 1.807) is 13.8 Å². The Morgan fingerprint density at radius 2 is 1.50 bits per heavy atom. The molecule has 0 heterocycles. The van der Waals surface area contributed by atoms with Crippen LogP contribution in [0.1, 0.15) is 39.5 Å². The van der Waals surface area contributed by atoms with Gasteiger partial charge in [0.1, 0.15) is 0 Å². The highest BCUT2D eigenvalue weighted by Gasteiger charge is 2.62. The fourth-order valence-corrected chi connectivity index (χ4v) is 1.52. The molecule has 1 unspecified atom stereocenters. The minimum Gasteiger partial charge on any atom is -0.203 e. The van der Waals surface area contributed by atoms with Crippen LogP contribution in [0, 0.1) is 5.92 Å². The van der Waals surface area contributed by atoms with E-state index in [0.717, 1.165) is 0 Å². The minimum atomic E-state index is -5.24. The zero-order chi connectivity index (χ0) is 13.0. The molecule has 6 heteroatoms. The first-order chi connectivity index (χ1) is 7.19. The van der Waals surface area contributed by atoms with Crippen molar-refractivity contribution in [3.63, 3.8) is 0 Å². The van der Waals surface area contributed by atoms with E-state index in [9.17, 15) is 26.3 Å². The lowest BCUT2D eigenvalue weighted by Crippen LogP contribution is -2.47. The standard InChI is InChI=1S/C10H16F6/c1-3-5-7(4-2)6-9(13,14)10(15,16)8(11)12/h7-8H,3-6H2,1-2H3. The molecule has 0 aromatic carbocycles. The predicted octanol–water partition coefficient (Wildman–Crippen LogP) is 4.74. The monoisotopic (exact) mass is 250 g/mol. The van der Waals surface area contributed by atoms with E-state index in [-0.39, 0.29) is 6.42 Å². The van der Waals surface area contributed by atoms with E-state index in [0.29, 0.717) is 12.8 Å². The first kappa shape index (κ1) is 15.6. The molecule has 0 bridgehead atoms. The molecule has 1 atom stereocenters. The van der Waals surface area contributed by atoms with Crippen molar-refractivity contribution < 1.29 is 26.3 Å². The highest BCUT2D eigenvalue weighted by atomic mass is 19.3. The van der Waals surface area contributed by atoms with Gasteiger partial charge >= 0.3 is 18.3 Å². The summed E-state index contributed by atoms with van der Waals surface area (Å²) in [7, 11) is 0. The highest BCUT2D eigenvalue weighted by molar-refractivity contribution is 4.88. The molecule has 0 N–H and O–H groups in total. The first-order valence-electron chi connectivity index (χ1n) is 5.22. The number of alkyl halides is 6. The predicted molar refractivity (Wildman–Crippen MR) is 49.2 cm³/mol. The van der Waals surface area contributed by atoms with Gasteiger partial charge in [-0.05, 0) is 5.92 Å². The van der Waals surface area contributed by atoms with Gasteiger partial charge in [-0.2, -0.15) is 17.6 Å². The number of halogens is 6. The van der Waals surface area contributed by atoms with Crippen molar-refractivity contribution in [3.8, 4) is 0 Å². The molecule has 0 spiro atoms. The largest absolute Gasteiger partial charge is 0.369 e. The van der Waals surface area contributed by atoms with E-state index < -0.39 is 30.6 Å². The van der Waals surface area contributed by atoms with Gasteiger partial charge in [0, 0.05) is 6.42 Å². The summed E-state index contributed by atoms with van der Waals surface area (Å²) in [6.07, 6.45) is -4.33. The van der Waals surface area contributed by atoms with Crippen LogP contribution >= 0.6 is 0 Å². The topological polar surface area (TPSA) is 0 Å². The molecular formula is C10H16F6. The normalized spacial score (nSPS) is 15.6. The summed E-state index contributed by atoms with van der Waals surface area (Å²) < 4.78 is 74.7. The first-order valence-corrected chi connectivity index (χ1v) is 5.22. The quantitative estimate of drug-likeness (QED) is 0.572. The van der Waals surface area contributed by atoms with Crippen LogP contribution in [0.15, 0.2) is 0 Å². The maximum absolute atomic E-state index is 13.0. The summed E-state index contributed by atoms with van der Waals surface area (Å²) in [5.41, 5.74) is 0. The molecule has 0 rings (SSSR count). The fourth-order valence-electron chi connectivity index (χ4n) is 1.52. The van der Waals surface area contributed by atoms with Gasteiger partial charge in [-0.1, -0.05) is 33.1 Å². The molecule has 0 aliphatic carbocycles. The molecule has 16 heavy (non-hydrogen) atoms. The summed E-state index contributed by atoms with van der Waals surface area (Å²) in [4.78, 5) is 0. The van der Waals surface area contributed by atoms with Crippen molar-refractivity contribution >= 4 is 0 Å². The van der Waals surface area contributed by atoms with Crippen molar-refractivity contribution in [2.45, 2.75) is 57.8 Å². The van der Waals surface area contributed by atoms with Crippen molar-refractivity contribution in [1.82, 2.24) is 0 Å². The molecule has 0 radical (unpaired) electrons. The van der Waals surface area contributed by atoms with Crippen molar-refractivity contribution in [3.05, 3.63) is 0 Å². The second-order valence-corrected chi connectivity index (χ2v) is 3.90. The van der Waals surface area contributed by atoms with Crippen molar-refractivity contribution in [2.75, 3.05) is 0 Å². The second-order valence-electron chi connectivity index (χ2n) is 3.90. The maximum atomic E-state index is 13.0. The van der Waals surface area contributed by atoms with E-state index in [2.05, 4.69) is 0 Å². The van der Waals surface area contributed by atoms with Gasteiger partial charge in [-0.3, -0.25) is 0 Å². The lowest BCUT2D eigenvalue weighted by atomic mass is 9.91. The van der Waals surface area contributed by atoms with Gasteiger partial charge in [-0.25, -0.2) is 8.78 Å². The summed E-state index contributed by atoms with van der Waals surface area (Å²) in [5, 5.41) is 0. The summed E-state index contributed by atoms with van der Waals surface area (Å²) in [6, 6.07) is 0. The molecule has 0 aromatic heterocycles. The molecular weight excluding hydrogens is 234 g/mol. The Balaban J connectivity index is 4.65. The highest BCUT2D eigenvalue weighted by Crippen LogP contribution is 2.44. The van der Waals surface area contributed by atoms with Crippen LogP contribution in [0.3, 0.4) is 0 Å². The van der Waals surface area contributed by atoms with Crippen LogP contribution in [-0.4, -0.2) is 18.3 Å². The Labute approximate surface area is 91.0 Å². The van der Waals surface area contributed by atoms with Crippen LogP contribution in [0.4, 0.5) is 26.3 Å². The Morgan fingerprint density at radius 1 is 1.00 bits per heavy atom. The van der Waals surface area contributed by atoms with Crippen molar-refractivity contribution in [1.29, 1.82) is 0 Å². The van der Waals surface area contributed by atoms with Gasteiger partial charge in [-0.15, -0.1) is 0 Å². The molecule has 0 saturated heterocycles. The molecule has 0 nitrogen and oxygen atoms in total. The molecule has 0 aliphatic heterocycles. The van der Waals surface area contributed by atoms with Gasteiger partial charge in [0.15, 0.2) is 0 Å². The van der Waals surface area contributed by atoms with Crippen LogP contribution < -0.4 is 0 Å². The van der Waals surface area contributed by atoms with Crippen molar-refractivity contribution in [2.24, 2.45) is 5.92 Å². The Hall–Kier alpha value is -0.420. The van der Waals surface area contributed by atoms with Crippen LogP contribution in [0.25, 0.3) is 0 Å². The van der Waals surface area contributed by atoms with Gasteiger partial charge in [0.05, 0.1) is 0 Å². The smallest absolute Gasteiger partial charge is 0.203 e. The SMILES string of the molecule is CCCC(CC)CC(F)(F)C(F)(F)C(F)F. The van der Waals surface area contributed by atoms with Crippen LogP contribution in [0.2, 0.25) is 0 Å². The van der Waals surface area contributed by atoms with Crippen LogP contribution in [0.5, 0.6) is 0 Å². The van der Waals surface area contributed by atoms with Gasteiger partial charge < -0.3 is 0 Å². The summed E-state index contributed by atoms with van der Waals surface area (Å²) >= 11 is 0. The molecule has 98 valence electrons. The Bertz CT molecular complexity index is 201. The minimum absolute atomic E-state index is 0.281. The summed E-state index contributed by atoms with van der Waals surface area (Å²) in [6.45, 7) is 3.31. The summed E-state index contributed by atoms with van der Waals surface area (Å²) in [5.74, 6) is -10.5. The number of hydrogen-bond acceptors (Lipinski definition) is 0. The third-order valence-corrected chi connectivity index (χ3v) is 2.58. The molecule has 0 aromatic rings. The molecule has 0 amide bonds. The Kier molecular flexibility index (Phi) is 5.62. The molecule has 0 aliphatic rings. The third kappa shape index (κ3) is 3.56. The lowest BCUT2D eigenvalue weighted by molar-refractivity contribution is -0.269. The van der Waals surface area contributed by atoms with Gasteiger partial charge in [0.25, 0.3) is 0 Å². The number of rotatable bonds is 7. The molecule has 0 fully saturated rings. The Morgan fingerprint density at radius 3 is 1.81 bits per heavy atom. The second kappa shape index (κ2) is 5.77. The zero-order valence-electron chi connectivity index (χ0n) is 9.25. The van der Waals surface area contributed by atoms with E-state index in [4.69, 9.17) is 0 Å². The molecule has 0 saturated carbocycles. The average molecular weight is 250 g/mol. The average Bonchev–Trinajstić information content (AvgIpc) is 2.16. The fraction of sp³-hybridized carbons (Fsp3) is 1.00. The third-order valence-electron chi connectivity index (χ3n) is 2.58. The number of hydrogen-bond donors (Lipinski definition) is 0.